The Kier molecular flexibility index (Phi) is 8.48. The standard InChI is InChI=1S/C26H28N2O6S/c1-4-18-8-6-9-19(5-2)25(18)27-24(29)17-34-26(30)20-10-7-11-23(16-20)35(31,32)28-21-12-14-22(33-3)15-13-21/h6-16,28H,4-5,17H2,1-3H3,(H,27,29). The zero-order valence-corrected chi connectivity index (χ0v) is 20.6. The number of nitrogens with one attached hydrogen (secondary N) is 2. The lowest BCUT2D eigenvalue weighted by molar-refractivity contribution is -0.119. The first-order valence-corrected chi connectivity index (χ1v) is 12.6. The van der Waals surface area contributed by atoms with Gasteiger partial charge in [-0.3, -0.25) is 9.52 Å². The molecule has 0 bridgehead atoms. The summed E-state index contributed by atoms with van der Waals surface area (Å²) in [5, 5.41) is 2.83. The Labute approximate surface area is 205 Å². The van der Waals surface area contributed by atoms with Crippen LogP contribution >= 0.6 is 0 Å². The van der Waals surface area contributed by atoms with Gasteiger partial charge in [0.25, 0.3) is 15.9 Å². The maximum atomic E-state index is 12.8. The molecule has 3 rings (SSSR count). The normalized spacial score (nSPS) is 10.9. The number of rotatable bonds is 10. The molecular weight excluding hydrogens is 468 g/mol. The monoisotopic (exact) mass is 496 g/mol. The van der Waals surface area contributed by atoms with Gasteiger partial charge >= 0.3 is 5.97 Å². The first-order valence-electron chi connectivity index (χ1n) is 11.1. The molecule has 0 radical (unpaired) electrons. The molecule has 0 fully saturated rings. The van der Waals surface area contributed by atoms with Crippen molar-refractivity contribution in [2.75, 3.05) is 23.8 Å². The van der Waals surface area contributed by atoms with Crippen LogP contribution < -0.4 is 14.8 Å². The van der Waals surface area contributed by atoms with Gasteiger partial charge < -0.3 is 14.8 Å². The Hall–Kier alpha value is -3.85. The van der Waals surface area contributed by atoms with Crippen LogP contribution in [0.1, 0.15) is 35.3 Å². The van der Waals surface area contributed by atoms with E-state index in [4.69, 9.17) is 9.47 Å². The number of carbonyl (C=O) groups is 2. The molecule has 0 saturated heterocycles. The summed E-state index contributed by atoms with van der Waals surface area (Å²) >= 11 is 0. The van der Waals surface area contributed by atoms with Gasteiger partial charge in [-0.1, -0.05) is 38.1 Å². The number of anilines is 2. The van der Waals surface area contributed by atoms with Crippen LogP contribution in [0.4, 0.5) is 11.4 Å². The molecule has 0 heterocycles. The van der Waals surface area contributed by atoms with Crippen molar-refractivity contribution in [2.45, 2.75) is 31.6 Å². The third kappa shape index (κ3) is 6.60. The van der Waals surface area contributed by atoms with E-state index in [-0.39, 0.29) is 10.5 Å². The molecule has 1 amide bonds. The number of methoxy groups -OCH3 is 1. The van der Waals surface area contributed by atoms with Crippen LogP contribution in [0.5, 0.6) is 5.75 Å². The fraction of sp³-hybridized carbons (Fsp3) is 0.231. The van der Waals surface area contributed by atoms with Crippen molar-refractivity contribution >= 4 is 33.3 Å². The second kappa shape index (κ2) is 11.5. The first-order chi connectivity index (χ1) is 16.8. The lowest BCUT2D eigenvalue weighted by atomic mass is 10.0. The molecule has 35 heavy (non-hydrogen) atoms. The summed E-state index contributed by atoms with van der Waals surface area (Å²) in [6.07, 6.45) is 1.49. The van der Waals surface area contributed by atoms with Crippen molar-refractivity contribution < 1.29 is 27.5 Å². The number of aryl methyl sites for hydroxylation is 2. The van der Waals surface area contributed by atoms with Gasteiger partial charge in [0.05, 0.1) is 17.6 Å². The van der Waals surface area contributed by atoms with Crippen LogP contribution in [0.2, 0.25) is 0 Å². The average molecular weight is 497 g/mol. The molecule has 3 aromatic carbocycles. The first kappa shape index (κ1) is 25.8. The molecule has 0 aromatic heterocycles. The minimum absolute atomic E-state index is 0.0126. The number of sulfonamides is 1. The molecule has 184 valence electrons. The van der Waals surface area contributed by atoms with E-state index in [0.717, 1.165) is 29.7 Å². The van der Waals surface area contributed by atoms with Crippen molar-refractivity contribution in [1.29, 1.82) is 0 Å². The van der Waals surface area contributed by atoms with Crippen LogP contribution in [0.3, 0.4) is 0 Å². The van der Waals surface area contributed by atoms with E-state index >= 15 is 0 Å². The van der Waals surface area contributed by atoms with Gasteiger partial charge in [0, 0.05) is 11.4 Å². The second-order valence-electron chi connectivity index (χ2n) is 7.64. The third-order valence-corrected chi connectivity index (χ3v) is 6.70. The SMILES string of the molecule is CCc1cccc(CC)c1NC(=O)COC(=O)c1cccc(S(=O)(=O)Nc2ccc(OC)cc2)c1. The average Bonchev–Trinajstić information content (AvgIpc) is 2.87. The lowest BCUT2D eigenvalue weighted by Crippen LogP contribution is -2.22. The third-order valence-electron chi connectivity index (χ3n) is 5.32. The second-order valence-corrected chi connectivity index (χ2v) is 9.33. The molecule has 3 aromatic rings. The van der Waals surface area contributed by atoms with Gasteiger partial charge in [-0.2, -0.15) is 0 Å². The molecule has 2 N–H and O–H groups in total. The summed E-state index contributed by atoms with van der Waals surface area (Å²) in [5.74, 6) is -0.689. The summed E-state index contributed by atoms with van der Waals surface area (Å²) in [4.78, 5) is 24.9. The van der Waals surface area contributed by atoms with Gasteiger partial charge in [0.2, 0.25) is 0 Å². The summed E-state index contributed by atoms with van der Waals surface area (Å²) in [7, 11) is -2.44. The molecule has 0 aliphatic carbocycles. The summed E-state index contributed by atoms with van der Waals surface area (Å²) in [5.41, 5.74) is 3.07. The van der Waals surface area contributed by atoms with Crippen molar-refractivity contribution in [1.82, 2.24) is 0 Å². The molecule has 0 unspecified atom stereocenters. The smallest absolute Gasteiger partial charge is 0.338 e. The van der Waals surface area contributed by atoms with Crippen molar-refractivity contribution in [2.24, 2.45) is 0 Å². The van der Waals surface area contributed by atoms with E-state index in [1.807, 2.05) is 32.0 Å². The fourth-order valence-electron chi connectivity index (χ4n) is 3.46. The maximum absolute atomic E-state index is 12.8. The van der Waals surface area contributed by atoms with E-state index in [2.05, 4.69) is 10.0 Å². The predicted molar refractivity (Wildman–Crippen MR) is 134 cm³/mol. The molecule has 0 aliphatic rings. The topological polar surface area (TPSA) is 111 Å². The highest BCUT2D eigenvalue weighted by Gasteiger charge is 2.18. The number of carbonyl (C=O) groups excluding carboxylic acids is 2. The Balaban J connectivity index is 1.66. The number of amides is 1. The number of ether oxygens (including phenoxy) is 2. The molecule has 0 atom stereocenters. The minimum Gasteiger partial charge on any atom is -0.497 e. The van der Waals surface area contributed by atoms with Gasteiger partial charge in [0.1, 0.15) is 5.75 Å². The predicted octanol–water partition coefficient (Wildman–Crippen LogP) is 4.42. The highest BCUT2D eigenvalue weighted by molar-refractivity contribution is 7.92. The number of esters is 1. The van der Waals surface area contributed by atoms with E-state index in [1.165, 1.54) is 31.4 Å². The van der Waals surface area contributed by atoms with E-state index < -0.39 is 28.5 Å². The summed E-state index contributed by atoms with van der Waals surface area (Å²) in [6, 6.07) is 17.6. The summed E-state index contributed by atoms with van der Waals surface area (Å²) in [6.45, 7) is 3.49. The van der Waals surface area contributed by atoms with Gasteiger partial charge in [-0.25, -0.2) is 13.2 Å². The van der Waals surface area contributed by atoms with Crippen LogP contribution in [0.15, 0.2) is 71.6 Å². The molecular formula is C26H28N2O6S. The van der Waals surface area contributed by atoms with E-state index in [9.17, 15) is 18.0 Å². The number of hydrogen-bond acceptors (Lipinski definition) is 6. The molecule has 9 heteroatoms. The Morgan fingerprint density at radius 3 is 2.11 bits per heavy atom. The van der Waals surface area contributed by atoms with Gasteiger partial charge in [-0.15, -0.1) is 0 Å². The number of benzene rings is 3. The number of para-hydroxylation sites is 1. The fourth-order valence-corrected chi connectivity index (χ4v) is 4.56. The zero-order chi connectivity index (χ0) is 25.4. The minimum atomic E-state index is -3.95. The van der Waals surface area contributed by atoms with Crippen LogP contribution in [0, 0.1) is 0 Å². The van der Waals surface area contributed by atoms with Crippen LogP contribution in [-0.2, 0) is 32.4 Å². The largest absolute Gasteiger partial charge is 0.497 e. The van der Waals surface area contributed by atoms with Gasteiger partial charge in [0.15, 0.2) is 6.61 Å². The Morgan fingerprint density at radius 1 is 0.886 bits per heavy atom. The van der Waals surface area contributed by atoms with Crippen LogP contribution in [0.25, 0.3) is 0 Å². The van der Waals surface area contributed by atoms with Crippen molar-refractivity contribution in [3.8, 4) is 5.75 Å². The Morgan fingerprint density at radius 2 is 1.51 bits per heavy atom. The van der Waals surface area contributed by atoms with Crippen LogP contribution in [-0.4, -0.2) is 34.0 Å². The van der Waals surface area contributed by atoms with Crippen molar-refractivity contribution in [3.63, 3.8) is 0 Å². The molecule has 0 aliphatic heterocycles. The molecule has 8 nitrogen and oxygen atoms in total. The quantitative estimate of drug-likeness (QED) is 0.402. The van der Waals surface area contributed by atoms with Gasteiger partial charge in [-0.05, 0) is 66.4 Å². The number of hydrogen-bond donors (Lipinski definition) is 2. The maximum Gasteiger partial charge on any atom is 0.338 e. The Bertz CT molecular complexity index is 1280. The van der Waals surface area contributed by atoms with Crippen molar-refractivity contribution in [3.05, 3.63) is 83.4 Å². The molecule has 0 spiro atoms. The lowest BCUT2D eigenvalue weighted by Gasteiger charge is -2.14. The summed E-state index contributed by atoms with van der Waals surface area (Å²) < 4.78 is 38.2. The molecule has 0 saturated carbocycles. The van der Waals surface area contributed by atoms with E-state index in [1.54, 1.807) is 24.3 Å². The van der Waals surface area contributed by atoms with E-state index in [0.29, 0.717) is 11.4 Å². The highest BCUT2D eigenvalue weighted by atomic mass is 32.2. The zero-order valence-electron chi connectivity index (χ0n) is 19.8. The highest BCUT2D eigenvalue weighted by Crippen LogP contribution is 2.23.